The Morgan fingerprint density at radius 2 is 1.17 bits per heavy atom. The molecular weight excluding hydrogens is 758 g/mol. The SMILES string of the molecule is CC(C)S(=O)C(C)(C)C(=O)Nc1ccc(C(F)(F)F)cc1.CC(C)SC(C)(C)C(=O)Nc1ccc(C(F)(F)F)cc1.O=C(OO)c1cccc(Cl)c1. The quantitative estimate of drug-likeness (QED) is 0.112. The molecule has 0 radical (unpaired) electrons. The third-order valence-electron chi connectivity index (χ3n) is 6.64. The molecular formula is C35H41ClF6N2O6S2. The molecule has 0 fully saturated rings. The van der Waals surface area contributed by atoms with Crippen molar-refractivity contribution in [3.63, 3.8) is 0 Å². The summed E-state index contributed by atoms with van der Waals surface area (Å²) in [4.78, 5) is 38.4. The Morgan fingerprint density at radius 1 is 0.750 bits per heavy atom. The molecule has 0 aliphatic rings. The Bertz CT molecular complexity index is 1660. The molecule has 17 heteroatoms. The van der Waals surface area contributed by atoms with Crippen LogP contribution in [0.1, 0.15) is 76.9 Å². The highest BCUT2D eigenvalue weighted by Gasteiger charge is 2.36. The van der Waals surface area contributed by atoms with Gasteiger partial charge in [0.05, 0.1) is 21.4 Å². The number of anilines is 2. The summed E-state index contributed by atoms with van der Waals surface area (Å²) in [5, 5.41) is 13.6. The Morgan fingerprint density at radius 3 is 1.52 bits per heavy atom. The van der Waals surface area contributed by atoms with Gasteiger partial charge in [-0.05, 0) is 94.4 Å². The number of carbonyl (C=O) groups is 3. The summed E-state index contributed by atoms with van der Waals surface area (Å²) < 4.78 is 84.9. The van der Waals surface area contributed by atoms with E-state index in [1.807, 2.05) is 13.8 Å². The highest BCUT2D eigenvalue weighted by Crippen LogP contribution is 2.33. The lowest BCUT2D eigenvalue weighted by Gasteiger charge is -2.25. The van der Waals surface area contributed by atoms with Crippen molar-refractivity contribution in [1.82, 2.24) is 0 Å². The van der Waals surface area contributed by atoms with Gasteiger partial charge in [0.25, 0.3) is 0 Å². The van der Waals surface area contributed by atoms with Crippen LogP contribution in [0.4, 0.5) is 37.7 Å². The second-order valence-electron chi connectivity index (χ2n) is 12.5. The number of carbonyl (C=O) groups excluding carboxylic acids is 3. The smallest absolute Gasteiger partial charge is 0.325 e. The summed E-state index contributed by atoms with van der Waals surface area (Å²) in [6.45, 7) is 14.1. The van der Waals surface area contributed by atoms with Gasteiger partial charge in [0.15, 0.2) is 0 Å². The van der Waals surface area contributed by atoms with Gasteiger partial charge in [-0.15, -0.1) is 11.8 Å². The normalized spacial score (nSPS) is 12.5. The van der Waals surface area contributed by atoms with E-state index in [0.29, 0.717) is 10.7 Å². The van der Waals surface area contributed by atoms with Crippen LogP contribution in [0.25, 0.3) is 0 Å². The van der Waals surface area contributed by atoms with Crippen molar-refractivity contribution in [2.24, 2.45) is 0 Å². The van der Waals surface area contributed by atoms with Crippen molar-refractivity contribution >= 4 is 63.3 Å². The first-order chi connectivity index (χ1) is 23.7. The average Bonchev–Trinajstić information content (AvgIpc) is 3.03. The van der Waals surface area contributed by atoms with Crippen LogP contribution in [0.2, 0.25) is 5.02 Å². The van der Waals surface area contributed by atoms with Crippen LogP contribution in [-0.2, 0) is 37.6 Å². The number of amides is 2. The third kappa shape index (κ3) is 15.2. The monoisotopic (exact) mass is 798 g/mol. The summed E-state index contributed by atoms with van der Waals surface area (Å²) in [7, 11) is -1.40. The minimum atomic E-state index is -4.42. The first-order valence-electron chi connectivity index (χ1n) is 15.4. The summed E-state index contributed by atoms with van der Waals surface area (Å²) >= 11 is 7.06. The lowest BCUT2D eigenvalue weighted by Crippen LogP contribution is -2.43. The van der Waals surface area contributed by atoms with Crippen molar-refractivity contribution in [3.05, 3.63) is 94.5 Å². The number of halogens is 7. The van der Waals surface area contributed by atoms with Crippen LogP contribution in [0, 0.1) is 0 Å². The maximum absolute atomic E-state index is 12.4. The molecule has 3 aromatic carbocycles. The molecule has 0 bridgehead atoms. The van der Waals surface area contributed by atoms with Gasteiger partial charge in [-0.3, -0.25) is 18.7 Å². The van der Waals surface area contributed by atoms with E-state index >= 15 is 0 Å². The maximum Gasteiger partial charge on any atom is 0.416 e. The predicted octanol–water partition coefficient (Wildman–Crippen LogP) is 10.1. The second-order valence-corrected chi connectivity index (χ2v) is 17.7. The molecule has 52 heavy (non-hydrogen) atoms. The fourth-order valence-corrected chi connectivity index (χ4v) is 6.98. The number of benzene rings is 3. The highest BCUT2D eigenvalue weighted by atomic mass is 35.5. The van der Waals surface area contributed by atoms with Gasteiger partial charge in [0.1, 0.15) is 4.75 Å². The largest absolute Gasteiger partial charge is 0.416 e. The van der Waals surface area contributed by atoms with Gasteiger partial charge in [-0.2, -0.15) is 31.6 Å². The summed E-state index contributed by atoms with van der Waals surface area (Å²) in [6.07, 6.45) is -8.78. The second kappa shape index (κ2) is 19.5. The fraction of sp³-hybridized carbons (Fsp3) is 0.400. The molecule has 8 nitrogen and oxygen atoms in total. The van der Waals surface area contributed by atoms with Crippen molar-refractivity contribution < 1.29 is 55.1 Å². The molecule has 0 aliphatic heterocycles. The molecule has 0 saturated heterocycles. The lowest BCUT2D eigenvalue weighted by atomic mass is 10.1. The molecule has 288 valence electrons. The van der Waals surface area contributed by atoms with Crippen LogP contribution < -0.4 is 10.6 Å². The van der Waals surface area contributed by atoms with E-state index in [-0.39, 0.29) is 27.7 Å². The zero-order valence-electron chi connectivity index (χ0n) is 29.5. The molecule has 3 rings (SSSR count). The Hall–Kier alpha value is -3.60. The highest BCUT2D eigenvalue weighted by molar-refractivity contribution is 8.01. The van der Waals surface area contributed by atoms with E-state index in [2.05, 4.69) is 15.5 Å². The summed E-state index contributed by atoms with van der Waals surface area (Å²) in [6, 6.07) is 14.7. The summed E-state index contributed by atoms with van der Waals surface area (Å²) in [5.41, 5.74) is -0.695. The number of rotatable bonds is 9. The zero-order valence-corrected chi connectivity index (χ0v) is 31.9. The summed E-state index contributed by atoms with van der Waals surface area (Å²) in [5.74, 6) is -1.53. The van der Waals surface area contributed by atoms with E-state index in [9.17, 15) is 44.9 Å². The van der Waals surface area contributed by atoms with Crippen molar-refractivity contribution in [3.8, 4) is 0 Å². The Balaban J connectivity index is 0.000000408. The topological polar surface area (TPSA) is 122 Å². The molecule has 1 atom stereocenters. The van der Waals surface area contributed by atoms with E-state index < -0.39 is 55.6 Å². The molecule has 1 unspecified atom stereocenters. The average molecular weight is 799 g/mol. The Kier molecular flexibility index (Phi) is 17.4. The number of hydrogen-bond donors (Lipinski definition) is 3. The van der Waals surface area contributed by atoms with Gasteiger partial charge in [0.2, 0.25) is 11.8 Å². The molecule has 0 spiro atoms. The zero-order chi connectivity index (χ0) is 40.2. The fourth-order valence-electron chi connectivity index (χ4n) is 4.04. The maximum atomic E-state index is 12.4. The van der Waals surface area contributed by atoms with Gasteiger partial charge >= 0.3 is 18.3 Å². The molecule has 0 heterocycles. The van der Waals surface area contributed by atoms with Gasteiger partial charge in [0, 0.05) is 37.7 Å². The molecule has 0 aliphatic carbocycles. The number of thioether (sulfide) groups is 1. The number of hydrogen-bond acceptors (Lipinski definition) is 7. The molecule has 2 amide bonds. The minimum absolute atomic E-state index is 0.196. The van der Waals surface area contributed by atoms with E-state index in [0.717, 1.165) is 24.3 Å². The van der Waals surface area contributed by atoms with Crippen LogP contribution in [0.15, 0.2) is 72.8 Å². The van der Waals surface area contributed by atoms with Gasteiger partial charge in [-0.25, -0.2) is 4.79 Å². The van der Waals surface area contributed by atoms with Crippen molar-refractivity contribution in [1.29, 1.82) is 0 Å². The van der Waals surface area contributed by atoms with Gasteiger partial charge < -0.3 is 10.6 Å². The van der Waals surface area contributed by atoms with E-state index in [1.54, 1.807) is 53.7 Å². The lowest BCUT2D eigenvalue weighted by molar-refractivity contribution is -0.182. The Labute approximate surface area is 310 Å². The van der Waals surface area contributed by atoms with Crippen LogP contribution in [0.3, 0.4) is 0 Å². The molecule has 3 aromatic rings. The number of alkyl halides is 6. The molecule has 0 aromatic heterocycles. The van der Waals surface area contributed by atoms with Gasteiger partial charge in [-0.1, -0.05) is 45.4 Å². The van der Waals surface area contributed by atoms with Crippen molar-refractivity contribution in [2.45, 2.75) is 87.7 Å². The van der Waals surface area contributed by atoms with E-state index in [4.69, 9.17) is 16.9 Å². The predicted molar refractivity (Wildman–Crippen MR) is 194 cm³/mol. The number of nitrogens with one attached hydrogen (secondary N) is 2. The first-order valence-corrected chi connectivity index (χ1v) is 17.9. The third-order valence-corrected chi connectivity index (χ3v) is 10.2. The van der Waals surface area contributed by atoms with E-state index in [1.165, 1.54) is 48.2 Å². The van der Waals surface area contributed by atoms with Crippen LogP contribution in [-0.4, -0.2) is 47.2 Å². The standard InChI is InChI=1S/C14H18F3NO2S.C14H18F3NOS.C7H5ClO3/c1-9(2)21(20)13(3,4)12(19)18-11-7-5-10(6-8-11)14(15,16)17;1-9(2)20-13(3,4)12(19)18-11-7-5-10(6-8-11)14(15,16)17;8-6-3-1-2-5(4-6)7(9)11-10/h5-9H,1-4H3,(H,18,19);5-9H,1-4H3,(H,18,19);1-4,10H. The first kappa shape index (κ1) is 46.4. The van der Waals surface area contributed by atoms with Crippen LogP contribution in [0.5, 0.6) is 0 Å². The van der Waals surface area contributed by atoms with Crippen molar-refractivity contribution in [2.75, 3.05) is 10.6 Å². The molecule has 3 N–H and O–H groups in total. The minimum Gasteiger partial charge on any atom is -0.325 e. The van der Waals surface area contributed by atoms with Crippen LogP contribution >= 0.6 is 23.4 Å². The molecule has 0 saturated carbocycles.